The van der Waals surface area contributed by atoms with Gasteiger partial charge in [-0.25, -0.2) is 4.52 Å². The summed E-state index contributed by atoms with van der Waals surface area (Å²) in [5.41, 5.74) is 5.27. The van der Waals surface area contributed by atoms with Gasteiger partial charge in [-0.2, -0.15) is 4.52 Å². The normalized spacial score (nSPS) is 12.7. The van der Waals surface area contributed by atoms with Crippen LogP contribution in [0.3, 0.4) is 0 Å². The number of fused-ring (bicyclic) bond motifs is 13. The molecule has 0 fully saturated rings. The summed E-state index contributed by atoms with van der Waals surface area (Å²) in [5, 5.41) is 6.46. The number of rotatable bonds is 1. The molecule has 0 amide bonds. The molecular weight excluding hydrogens is 498 g/mol. The Hall–Kier alpha value is -5.62. The molecule has 10 rings (SSSR count). The minimum absolute atomic E-state index is 0.186. The number of aromatic nitrogens is 3. The van der Waals surface area contributed by atoms with Gasteiger partial charge >= 0.3 is 5.56 Å². The Morgan fingerprint density at radius 2 is 1.27 bits per heavy atom. The van der Waals surface area contributed by atoms with Gasteiger partial charge in [0, 0.05) is 27.1 Å². The van der Waals surface area contributed by atoms with E-state index in [1.807, 2.05) is 54.6 Å². The minimum atomic E-state index is -0.446. The first-order valence-electron chi connectivity index (χ1n) is 13.2. The summed E-state index contributed by atoms with van der Waals surface area (Å²) >= 11 is 0. The lowest BCUT2D eigenvalue weighted by Gasteiger charge is -2.08. The molecule has 6 nitrogen and oxygen atoms in total. The summed E-state index contributed by atoms with van der Waals surface area (Å²) in [7, 11) is 0. The first-order valence-corrected chi connectivity index (χ1v) is 13.2. The highest BCUT2D eigenvalue weighted by Gasteiger charge is 2.29. The molecule has 6 heteroatoms. The van der Waals surface area contributed by atoms with Crippen LogP contribution in [0.2, 0.25) is 0 Å². The van der Waals surface area contributed by atoms with Gasteiger partial charge in [-0.05, 0) is 28.5 Å². The molecule has 0 N–H and O–H groups in total. The van der Waals surface area contributed by atoms with E-state index in [0.717, 1.165) is 54.5 Å². The van der Waals surface area contributed by atoms with E-state index in [0.29, 0.717) is 22.1 Å². The molecule has 0 bridgehead atoms. The zero-order valence-electron chi connectivity index (χ0n) is 20.9. The Kier molecular flexibility index (Phi) is 3.40. The number of nitrogens with zero attached hydrogens (tertiary/aromatic N) is 3. The average Bonchev–Trinajstić information content (AvgIpc) is 3.76. The van der Waals surface area contributed by atoms with E-state index in [2.05, 4.69) is 52.9 Å². The van der Waals surface area contributed by atoms with Crippen molar-refractivity contribution in [1.29, 1.82) is 0 Å². The van der Waals surface area contributed by atoms with Crippen molar-refractivity contribution in [1.82, 2.24) is 13.4 Å². The van der Waals surface area contributed by atoms with E-state index in [9.17, 15) is 9.59 Å². The topological polar surface area (TPSA) is 60.5 Å². The average molecular weight is 516 g/mol. The Morgan fingerprint density at radius 1 is 0.550 bits per heavy atom. The molecule has 0 aliphatic heterocycles. The number of hydrogen-bond donors (Lipinski definition) is 0. The number of hydrogen-bond acceptors (Lipinski definition) is 3. The van der Waals surface area contributed by atoms with Gasteiger partial charge in [-0.3, -0.25) is 14.0 Å². The Balaban J connectivity index is 1.53. The van der Waals surface area contributed by atoms with Gasteiger partial charge in [0.05, 0.1) is 16.4 Å². The van der Waals surface area contributed by atoms with Crippen LogP contribution in [0.4, 0.5) is 0 Å². The van der Waals surface area contributed by atoms with E-state index in [-0.39, 0.29) is 11.1 Å². The first-order chi connectivity index (χ1) is 19.7. The maximum atomic E-state index is 14.0. The van der Waals surface area contributed by atoms with Gasteiger partial charge in [-0.15, -0.1) is 0 Å². The summed E-state index contributed by atoms with van der Waals surface area (Å²) in [6.45, 7) is 0. The number of para-hydroxylation sites is 2. The predicted octanol–water partition coefficient (Wildman–Crippen LogP) is 7.07. The van der Waals surface area contributed by atoms with Crippen LogP contribution in [0, 0.1) is 0 Å². The summed E-state index contributed by atoms with van der Waals surface area (Å²) in [4.78, 5) is 27.9. The zero-order chi connectivity index (χ0) is 26.3. The molecule has 5 aromatic heterocycles. The van der Waals surface area contributed by atoms with Gasteiger partial charge < -0.3 is 4.42 Å². The van der Waals surface area contributed by atoms with Crippen molar-refractivity contribution in [2.75, 3.05) is 0 Å². The molecule has 0 spiro atoms. The third-order valence-corrected chi connectivity index (χ3v) is 8.54. The van der Waals surface area contributed by atoms with Crippen LogP contribution in [0.15, 0.2) is 117 Å². The zero-order valence-corrected chi connectivity index (χ0v) is 20.9. The molecule has 0 radical (unpaired) electrons. The van der Waals surface area contributed by atoms with Gasteiger partial charge in [0.25, 0.3) is 5.56 Å². The van der Waals surface area contributed by atoms with Crippen LogP contribution >= 0.6 is 0 Å². The highest BCUT2D eigenvalue weighted by atomic mass is 16.3. The highest BCUT2D eigenvalue weighted by Crippen LogP contribution is 2.42. The van der Waals surface area contributed by atoms with Crippen LogP contribution in [0.25, 0.3) is 82.2 Å². The van der Waals surface area contributed by atoms with Crippen molar-refractivity contribution in [3.8, 4) is 11.1 Å². The lowest BCUT2D eigenvalue weighted by molar-refractivity contribution is 0.663. The van der Waals surface area contributed by atoms with Crippen molar-refractivity contribution in [3.63, 3.8) is 0 Å². The van der Waals surface area contributed by atoms with Gasteiger partial charge in [0.2, 0.25) is 5.58 Å². The maximum absolute atomic E-state index is 14.0. The van der Waals surface area contributed by atoms with Crippen molar-refractivity contribution in [3.05, 3.63) is 124 Å². The van der Waals surface area contributed by atoms with Crippen LogP contribution in [-0.4, -0.2) is 13.4 Å². The van der Waals surface area contributed by atoms with Crippen molar-refractivity contribution in [2.24, 2.45) is 0 Å². The van der Waals surface area contributed by atoms with E-state index in [1.165, 1.54) is 4.52 Å². The minimum Gasteiger partial charge on any atom is -0.448 e. The SMILES string of the molecule is O=c1c2oc3c(-c4ccccc4)c4ccccc4cc3c2n2c3c(c(=O)n12)c1cccc2c4ccccc4n3c21. The number of benzene rings is 5. The van der Waals surface area contributed by atoms with E-state index < -0.39 is 5.56 Å². The van der Waals surface area contributed by atoms with E-state index in [4.69, 9.17) is 4.42 Å². The fraction of sp³-hybridized carbons (Fsp3) is 0. The lowest BCUT2D eigenvalue weighted by Crippen LogP contribution is -2.21. The van der Waals surface area contributed by atoms with Crippen LogP contribution in [0.5, 0.6) is 0 Å². The largest absolute Gasteiger partial charge is 0.448 e. The molecule has 40 heavy (non-hydrogen) atoms. The Bertz CT molecular complexity index is 2800. The van der Waals surface area contributed by atoms with E-state index >= 15 is 0 Å². The Labute approximate surface area is 223 Å². The van der Waals surface area contributed by atoms with Crippen molar-refractivity contribution < 1.29 is 4.42 Å². The van der Waals surface area contributed by atoms with Crippen molar-refractivity contribution >= 4 is 71.1 Å². The molecule has 186 valence electrons. The molecule has 0 saturated carbocycles. The molecule has 10 aromatic rings. The van der Waals surface area contributed by atoms with E-state index in [1.54, 1.807) is 4.52 Å². The van der Waals surface area contributed by atoms with Crippen LogP contribution < -0.4 is 11.1 Å². The molecule has 0 saturated heterocycles. The first kappa shape index (κ1) is 20.4. The maximum Gasteiger partial charge on any atom is 0.318 e. The summed E-state index contributed by atoms with van der Waals surface area (Å²) in [5.74, 6) is 0. The Morgan fingerprint density at radius 3 is 2.15 bits per heavy atom. The molecule has 0 aliphatic rings. The lowest BCUT2D eigenvalue weighted by atomic mass is 9.96. The predicted molar refractivity (Wildman–Crippen MR) is 159 cm³/mol. The fourth-order valence-electron chi connectivity index (χ4n) is 6.99. The molecule has 0 unspecified atom stereocenters. The summed E-state index contributed by atoms with van der Waals surface area (Å²) < 4.78 is 11.6. The second kappa shape index (κ2) is 6.68. The van der Waals surface area contributed by atoms with Crippen molar-refractivity contribution in [2.45, 2.75) is 0 Å². The molecule has 0 atom stereocenters. The molecular formula is C34H17N3O3. The fourth-order valence-corrected chi connectivity index (χ4v) is 6.99. The third kappa shape index (κ3) is 2.13. The van der Waals surface area contributed by atoms with Crippen LogP contribution in [-0.2, 0) is 0 Å². The van der Waals surface area contributed by atoms with Gasteiger partial charge in [-0.1, -0.05) is 91.0 Å². The smallest absolute Gasteiger partial charge is 0.318 e. The highest BCUT2D eigenvalue weighted by molar-refractivity contribution is 6.24. The summed E-state index contributed by atoms with van der Waals surface area (Å²) in [6.07, 6.45) is 0. The van der Waals surface area contributed by atoms with Gasteiger partial charge in [0.15, 0.2) is 5.65 Å². The standard InChI is InChI=1S/C34H17N3O3/c38-33-27-23-15-8-14-22-21-13-6-7-16-25(21)35(28(22)23)32(27)36-29-24-17-19-11-4-5-12-20(19)26(18-9-2-1-3-10-18)30(24)40-31(29)34(39)37(33)36/h1-17H. The quantitative estimate of drug-likeness (QED) is 0.235. The third-order valence-electron chi connectivity index (χ3n) is 8.54. The molecule has 0 aliphatic carbocycles. The van der Waals surface area contributed by atoms with Crippen LogP contribution in [0.1, 0.15) is 0 Å². The second-order valence-electron chi connectivity index (χ2n) is 10.5. The number of furan rings is 1. The molecule has 5 aromatic carbocycles. The monoisotopic (exact) mass is 515 g/mol. The summed E-state index contributed by atoms with van der Waals surface area (Å²) in [6, 6.07) is 34.6. The second-order valence-corrected chi connectivity index (χ2v) is 10.5. The molecule has 5 heterocycles. The van der Waals surface area contributed by atoms with Gasteiger partial charge in [0.1, 0.15) is 11.1 Å².